The first-order chi connectivity index (χ1) is 19.3. The van der Waals surface area contributed by atoms with Crippen molar-refractivity contribution in [3.8, 4) is 23.3 Å². The highest BCUT2D eigenvalue weighted by Crippen LogP contribution is 2.41. The predicted octanol–water partition coefficient (Wildman–Crippen LogP) is 6.59. The zero-order chi connectivity index (χ0) is 28.1. The summed E-state index contributed by atoms with van der Waals surface area (Å²) in [4.78, 5) is 12.4. The summed E-state index contributed by atoms with van der Waals surface area (Å²) in [5, 5.41) is 19.2. The van der Waals surface area contributed by atoms with Crippen LogP contribution in [0.15, 0.2) is 36.7 Å². The molecular weight excluding hydrogens is 498 g/mol. The number of fused-ring (bicyclic) bond motifs is 1. The number of piperidine rings is 1. The third-order valence-electron chi connectivity index (χ3n) is 8.88. The molecule has 2 fully saturated rings. The number of likely N-dealkylation sites (tertiary alicyclic amines) is 1. The molecule has 1 N–H and O–H groups in total. The maximum absolute atomic E-state index is 9.86. The molecule has 3 heterocycles. The third kappa shape index (κ3) is 6.85. The van der Waals surface area contributed by atoms with E-state index in [2.05, 4.69) is 24.8 Å². The van der Waals surface area contributed by atoms with Gasteiger partial charge in [0.2, 0.25) is 0 Å². The second-order valence-corrected chi connectivity index (χ2v) is 12.9. The second kappa shape index (κ2) is 12.7. The number of aromatic nitrogens is 3. The fourth-order valence-corrected chi connectivity index (χ4v) is 6.77. The van der Waals surface area contributed by atoms with Crippen molar-refractivity contribution in [3.05, 3.63) is 47.8 Å². The maximum atomic E-state index is 9.86. The van der Waals surface area contributed by atoms with Gasteiger partial charge in [-0.3, -0.25) is 4.40 Å². The Bertz CT molecular complexity index is 1310. The van der Waals surface area contributed by atoms with Crippen LogP contribution in [-0.4, -0.2) is 56.7 Å². The molecule has 0 spiro atoms. The van der Waals surface area contributed by atoms with Crippen molar-refractivity contribution in [1.29, 1.82) is 5.26 Å². The molecule has 3 aromatic rings. The molecule has 7 heteroatoms. The van der Waals surface area contributed by atoms with Crippen molar-refractivity contribution in [2.24, 2.45) is 11.3 Å². The van der Waals surface area contributed by atoms with Crippen molar-refractivity contribution < 1.29 is 9.84 Å². The van der Waals surface area contributed by atoms with E-state index in [1.807, 2.05) is 48.0 Å². The molecule has 2 aromatic heterocycles. The van der Waals surface area contributed by atoms with Gasteiger partial charge in [0.25, 0.3) is 0 Å². The number of aliphatic hydroxyl groups excluding tert-OH is 1. The molecule has 0 radical (unpaired) electrons. The first-order valence-corrected chi connectivity index (χ1v) is 15.2. The van der Waals surface area contributed by atoms with Crippen molar-refractivity contribution in [3.63, 3.8) is 0 Å². The summed E-state index contributed by atoms with van der Waals surface area (Å²) < 4.78 is 8.52. The summed E-state index contributed by atoms with van der Waals surface area (Å²) >= 11 is 0. The molecule has 40 heavy (non-hydrogen) atoms. The third-order valence-corrected chi connectivity index (χ3v) is 8.88. The Morgan fingerprint density at radius 2 is 1.88 bits per heavy atom. The summed E-state index contributed by atoms with van der Waals surface area (Å²) in [6, 6.07) is 10.6. The number of imidazole rings is 1. The first-order valence-electron chi connectivity index (χ1n) is 15.2. The standard InChI is InChI=1S/C33H45N5O2/c1-24(39)21-37-18-7-8-26(22-37)23-40-32-36-30(28-13-11-25(20-34)12-14-28)29(31-35-17-19-38(31)32)27-9-4-5-15-33(2,3)16-6-10-27/h11-14,17,19,24,26-27,39H,4-10,15-16,18,21-23H2,1-3H3/t24-,26?,27?/m0/s1. The van der Waals surface area contributed by atoms with Crippen molar-refractivity contribution >= 4 is 5.65 Å². The Morgan fingerprint density at radius 1 is 1.10 bits per heavy atom. The number of nitrogens with zero attached hydrogens (tertiary/aromatic N) is 5. The highest BCUT2D eigenvalue weighted by molar-refractivity contribution is 5.72. The lowest BCUT2D eigenvalue weighted by molar-refractivity contribution is 0.0778. The number of aliphatic hydroxyl groups is 1. The molecule has 1 saturated carbocycles. The summed E-state index contributed by atoms with van der Waals surface area (Å²) in [6.45, 7) is 9.92. The molecule has 1 aromatic carbocycles. The Labute approximate surface area is 239 Å². The highest BCUT2D eigenvalue weighted by Gasteiger charge is 2.28. The summed E-state index contributed by atoms with van der Waals surface area (Å²) in [6.07, 6.45) is 14.2. The molecule has 3 atom stereocenters. The minimum atomic E-state index is -0.321. The van der Waals surface area contributed by atoms with Gasteiger partial charge in [-0.25, -0.2) is 4.98 Å². The molecule has 1 saturated heterocycles. The Morgan fingerprint density at radius 3 is 2.65 bits per heavy atom. The number of rotatable bonds is 7. The van der Waals surface area contributed by atoms with Gasteiger partial charge >= 0.3 is 6.01 Å². The van der Waals surface area contributed by atoms with Crippen LogP contribution in [0.5, 0.6) is 6.01 Å². The van der Waals surface area contributed by atoms with E-state index in [1.165, 1.54) is 37.7 Å². The minimum Gasteiger partial charge on any atom is -0.464 e. The number of benzene rings is 1. The van der Waals surface area contributed by atoms with Crippen molar-refractivity contribution in [1.82, 2.24) is 19.3 Å². The van der Waals surface area contributed by atoms with Crippen molar-refractivity contribution in [2.45, 2.75) is 90.6 Å². The van der Waals surface area contributed by atoms with Gasteiger partial charge in [0.1, 0.15) is 5.65 Å². The summed E-state index contributed by atoms with van der Waals surface area (Å²) in [5.74, 6) is 0.766. The quantitative estimate of drug-likeness (QED) is 0.362. The monoisotopic (exact) mass is 543 g/mol. The van der Waals surface area contributed by atoms with E-state index >= 15 is 0 Å². The fraction of sp³-hybridized carbons (Fsp3) is 0.606. The number of hydrogen-bond acceptors (Lipinski definition) is 6. The molecule has 214 valence electrons. The van der Waals surface area contributed by atoms with Gasteiger partial charge in [0.15, 0.2) is 0 Å². The first kappa shape index (κ1) is 28.6. The molecule has 0 amide bonds. The Balaban J connectivity index is 1.49. The number of hydrogen-bond donors (Lipinski definition) is 1. The zero-order valence-corrected chi connectivity index (χ0v) is 24.5. The minimum absolute atomic E-state index is 0.321. The lowest BCUT2D eigenvalue weighted by Crippen LogP contribution is -2.41. The van der Waals surface area contributed by atoms with E-state index in [9.17, 15) is 10.4 Å². The highest BCUT2D eigenvalue weighted by atomic mass is 16.5. The van der Waals surface area contributed by atoms with Crippen LogP contribution in [0.25, 0.3) is 16.9 Å². The van der Waals surface area contributed by atoms with Crippen LogP contribution in [0.3, 0.4) is 0 Å². The van der Waals surface area contributed by atoms with Crippen LogP contribution in [0.4, 0.5) is 0 Å². The van der Waals surface area contributed by atoms with Gasteiger partial charge in [0, 0.05) is 42.5 Å². The molecule has 0 bridgehead atoms. The van der Waals surface area contributed by atoms with Crippen LogP contribution in [-0.2, 0) is 0 Å². The van der Waals surface area contributed by atoms with Gasteiger partial charge in [-0.05, 0) is 75.5 Å². The van der Waals surface area contributed by atoms with Crippen LogP contribution >= 0.6 is 0 Å². The van der Waals surface area contributed by atoms with Crippen molar-refractivity contribution in [2.75, 3.05) is 26.2 Å². The largest absolute Gasteiger partial charge is 0.464 e. The van der Waals surface area contributed by atoms with E-state index in [0.717, 1.165) is 55.7 Å². The summed E-state index contributed by atoms with van der Waals surface area (Å²) in [7, 11) is 0. The lowest BCUT2D eigenvalue weighted by atomic mass is 9.82. The molecule has 2 aliphatic rings. The Kier molecular flexibility index (Phi) is 9.07. The van der Waals surface area contributed by atoms with Gasteiger partial charge < -0.3 is 14.7 Å². The van der Waals surface area contributed by atoms with Gasteiger partial charge in [0.05, 0.1) is 30.0 Å². The number of ether oxygens (including phenoxy) is 1. The fourth-order valence-electron chi connectivity index (χ4n) is 6.77. The normalized spacial score (nSPS) is 23.1. The second-order valence-electron chi connectivity index (χ2n) is 12.9. The van der Waals surface area contributed by atoms with Crippen LogP contribution in [0.1, 0.15) is 95.6 Å². The van der Waals surface area contributed by atoms with Crippen LogP contribution in [0, 0.1) is 22.7 Å². The molecule has 1 aliphatic heterocycles. The summed E-state index contributed by atoms with van der Waals surface area (Å²) in [5.41, 5.74) is 5.13. The van der Waals surface area contributed by atoms with E-state index in [-0.39, 0.29) is 6.10 Å². The number of nitriles is 1. The molecule has 5 rings (SSSR count). The van der Waals surface area contributed by atoms with E-state index in [4.69, 9.17) is 14.7 Å². The molecular formula is C33H45N5O2. The van der Waals surface area contributed by atoms with Gasteiger partial charge in [-0.2, -0.15) is 10.2 Å². The average molecular weight is 544 g/mol. The molecule has 1 aliphatic carbocycles. The maximum Gasteiger partial charge on any atom is 0.302 e. The topological polar surface area (TPSA) is 86.7 Å². The van der Waals surface area contributed by atoms with Gasteiger partial charge in [-0.1, -0.05) is 45.2 Å². The average Bonchev–Trinajstić information content (AvgIpc) is 3.45. The SMILES string of the molecule is C[C@H](O)CN1CCCC(COc2nc(-c3ccc(C#N)cc3)c(C3CCCCC(C)(C)CCC3)c3nccn23)C1. The lowest BCUT2D eigenvalue weighted by Gasteiger charge is -2.33. The van der Waals surface area contributed by atoms with E-state index in [0.29, 0.717) is 42.0 Å². The van der Waals surface area contributed by atoms with E-state index in [1.54, 1.807) is 0 Å². The number of β-amino-alcohol motifs (C(OH)–C–C–N with tert-alkyl or cyclic N) is 1. The van der Waals surface area contributed by atoms with E-state index < -0.39 is 0 Å². The smallest absolute Gasteiger partial charge is 0.302 e. The molecule has 2 unspecified atom stereocenters. The van der Waals surface area contributed by atoms with Gasteiger partial charge in [-0.15, -0.1) is 0 Å². The zero-order valence-electron chi connectivity index (χ0n) is 24.5. The van der Waals surface area contributed by atoms with Crippen LogP contribution < -0.4 is 4.74 Å². The van der Waals surface area contributed by atoms with Crippen LogP contribution in [0.2, 0.25) is 0 Å². The molecule has 7 nitrogen and oxygen atoms in total. The Hall–Kier alpha value is -2.95. The predicted molar refractivity (Wildman–Crippen MR) is 158 cm³/mol.